The summed E-state index contributed by atoms with van der Waals surface area (Å²) in [7, 11) is 0. The number of benzene rings is 1. The van der Waals surface area contributed by atoms with Crippen LogP contribution in [0.1, 0.15) is 26.2 Å². The fourth-order valence-electron chi connectivity index (χ4n) is 2.57. The van der Waals surface area contributed by atoms with Crippen LogP contribution in [0.4, 0.5) is 0 Å². The minimum absolute atomic E-state index is 0.0711. The fraction of sp³-hybridized carbons (Fsp3) is 0.562. The normalized spacial score (nSPS) is 17.4. The molecule has 0 radical (unpaired) electrons. The van der Waals surface area contributed by atoms with E-state index in [2.05, 4.69) is 12.2 Å². The van der Waals surface area contributed by atoms with Gasteiger partial charge in [0.2, 0.25) is 0 Å². The zero-order chi connectivity index (χ0) is 14.3. The summed E-state index contributed by atoms with van der Waals surface area (Å²) in [5.74, 6) is 0.730. The van der Waals surface area contributed by atoms with Crippen molar-refractivity contribution in [3.8, 4) is 5.75 Å². The van der Waals surface area contributed by atoms with Crippen LogP contribution in [0.15, 0.2) is 30.3 Å². The highest BCUT2D eigenvalue weighted by Gasteiger charge is 2.39. The van der Waals surface area contributed by atoms with Crippen LogP contribution in [0.3, 0.4) is 0 Å². The fourth-order valence-corrected chi connectivity index (χ4v) is 2.57. The Morgan fingerprint density at radius 3 is 2.55 bits per heavy atom. The van der Waals surface area contributed by atoms with Gasteiger partial charge in [-0.05, 0) is 44.5 Å². The molecule has 1 heterocycles. The van der Waals surface area contributed by atoms with Crippen LogP contribution < -0.4 is 10.1 Å². The Morgan fingerprint density at radius 2 is 1.90 bits per heavy atom. The molecule has 1 aliphatic rings. The molecule has 0 amide bonds. The van der Waals surface area contributed by atoms with Crippen molar-refractivity contribution in [1.29, 1.82) is 0 Å². The quantitative estimate of drug-likeness (QED) is 0.640. The Morgan fingerprint density at radius 1 is 1.20 bits per heavy atom. The molecule has 1 fully saturated rings. The van der Waals surface area contributed by atoms with Crippen molar-refractivity contribution in [1.82, 2.24) is 5.32 Å². The molecule has 0 aromatic heterocycles. The molecule has 0 atom stereocenters. The van der Waals surface area contributed by atoms with E-state index in [-0.39, 0.29) is 11.4 Å². The van der Waals surface area contributed by atoms with Gasteiger partial charge >= 0.3 is 5.97 Å². The van der Waals surface area contributed by atoms with Crippen LogP contribution >= 0.6 is 0 Å². The lowest BCUT2D eigenvalue weighted by Gasteiger charge is -2.34. The predicted molar refractivity (Wildman–Crippen MR) is 77.7 cm³/mol. The highest BCUT2D eigenvalue weighted by atomic mass is 16.6. The molecule has 2 rings (SSSR count). The molecule has 1 N–H and O–H groups in total. The Balaban J connectivity index is 1.74. The van der Waals surface area contributed by atoms with Crippen molar-refractivity contribution in [2.24, 2.45) is 5.41 Å². The van der Waals surface area contributed by atoms with Crippen LogP contribution in [0, 0.1) is 5.41 Å². The Bertz CT molecular complexity index is 413. The molecule has 110 valence electrons. The van der Waals surface area contributed by atoms with Crippen molar-refractivity contribution in [2.75, 3.05) is 26.3 Å². The molecule has 1 aromatic carbocycles. The van der Waals surface area contributed by atoms with Crippen molar-refractivity contribution in [3.63, 3.8) is 0 Å². The third-order valence-electron chi connectivity index (χ3n) is 4.00. The van der Waals surface area contributed by atoms with Gasteiger partial charge in [0.1, 0.15) is 19.0 Å². The van der Waals surface area contributed by atoms with Gasteiger partial charge in [-0.2, -0.15) is 0 Å². The summed E-state index contributed by atoms with van der Waals surface area (Å²) in [4.78, 5) is 12.3. The van der Waals surface area contributed by atoms with Gasteiger partial charge in [-0.15, -0.1) is 0 Å². The molecule has 0 spiro atoms. The maximum absolute atomic E-state index is 12.3. The second-order valence-electron chi connectivity index (χ2n) is 5.18. The zero-order valence-corrected chi connectivity index (χ0v) is 12.1. The third-order valence-corrected chi connectivity index (χ3v) is 4.00. The molecular weight excluding hydrogens is 254 g/mol. The maximum Gasteiger partial charge on any atom is 0.312 e. The molecule has 20 heavy (non-hydrogen) atoms. The number of para-hydroxylation sites is 1. The summed E-state index contributed by atoms with van der Waals surface area (Å²) in [5.41, 5.74) is -0.294. The molecule has 4 heteroatoms. The summed E-state index contributed by atoms with van der Waals surface area (Å²) < 4.78 is 10.9. The van der Waals surface area contributed by atoms with Crippen molar-refractivity contribution in [3.05, 3.63) is 30.3 Å². The first-order valence-electron chi connectivity index (χ1n) is 7.33. The third kappa shape index (κ3) is 3.73. The number of carbonyl (C=O) groups excluding carboxylic acids is 1. The number of hydrogen-bond acceptors (Lipinski definition) is 4. The van der Waals surface area contributed by atoms with E-state index in [0.717, 1.165) is 38.1 Å². The van der Waals surface area contributed by atoms with Crippen molar-refractivity contribution >= 4 is 5.97 Å². The number of hydrogen-bond donors (Lipinski definition) is 1. The van der Waals surface area contributed by atoms with Crippen LogP contribution in [0.5, 0.6) is 5.75 Å². The van der Waals surface area contributed by atoms with Gasteiger partial charge in [-0.3, -0.25) is 4.79 Å². The highest BCUT2D eigenvalue weighted by molar-refractivity contribution is 5.77. The number of nitrogens with one attached hydrogen (secondary N) is 1. The van der Waals surface area contributed by atoms with E-state index in [1.807, 2.05) is 30.3 Å². The highest BCUT2D eigenvalue weighted by Crippen LogP contribution is 2.33. The average molecular weight is 277 g/mol. The van der Waals surface area contributed by atoms with Gasteiger partial charge in [0, 0.05) is 0 Å². The maximum atomic E-state index is 12.3. The number of ether oxygens (including phenoxy) is 2. The molecule has 1 aliphatic heterocycles. The average Bonchev–Trinajstić information content (AvgIpc) is 2.53. The molecule has 0 unspecified atom stereocenters. The van der Waals surface area contributed by atoms with Crippen LogP contribution in [-0.4, -0.2) is 32.3 Å². The summed E-state index contributed by atoms with van der Waals surface area (Å²) in [6.45, 7) is 4.55. The molecular formula is C16H23NO3. The van der Waals surface area contributed by atoms with E-state index >= 15 is 0 Å². The Hall–Kier alpha value is -1.55. The molecule has 0 aliphatic carbocycles. The lowest BCUT2D eigenvalue weighted by molar-refractivity contribution is -0.158. The van der Waals surface area contributed by atoms with Crippen LogP contribution in [-0.2, 0) is 9.53 Å². The minimum Gasteiger partial charge on any atom is -0.490 e. The topological polar surface area (TPSA) is 47.6 Å². The minimum atomic E-state index is -0.294. The Labute approximate surface area is 120 Å². The first-order chi connectivity index (χ1) is 9.77. The van der Waals surface area contributed by atoms with E-state index in [9.17, 15) is 4.79 Å². The molecule has 4 nitrogen and oxygen atoms in total. The smallest absolute Gasteiger partial charge is 0.312 e. The van der Waals surface area contributed by atoms with Crippen LogP contribution in [0.2, 0.25) is 0 Å². The molecule has 0 saturated carbocycles. The van der Waals surface area contributed by atoms with Gasteiger partial charge in [-0.25, -0.2) is 0 Å². The van der Waals surface area contributed by atoms with Gasteiger partial charge in [0.25, 0.3) is 0 Å². The summed E-state index contributed by atoms with van der Waals surface area (Å²) in [5, 5.41) is 3.28. The van der Waals surface area contributed by atoms with E-state index in [4.69, 9.17) is 9.47 Å². The lowest BCUT2D eigenvalue weighted by Crippen LogP contribution is -2.43. The number of esters is 1. The number of rotatable bonds is 6. The number of carbonyl (C=O) groups is 1. The van der Waals surface area contributed by atoms with E-state index < -0.39 is 0 Å². The standard InChI is InChI=1S/C16H23NO3/c1-2-16(8-10-17-11-9-16)15(18)20-13-12-19-14-6-4-3-5-7-14/h3-7,17H,2,8-13H2,1H3. The van der Waals surface area contributed by atoms with E-state index in [0.29, 0.717) is 13.2 Å². The monoisotopic (exact) mass is 277 g/mol. The van der Waals surface area contributed by atoms with Gasteiger partial charge in [-0.1, -0.05) is 25.1 Å². The molecule has 1 aromatic rings. The Kier molecular flexibility index (Phi) is 5.41. The van der Waals surface area contributed by atoms with Gasteiger partial charge in [0.05, 0.1) is 5.41 Å². The van der Waals surface area contributed by atoms with Crippen molar-refractivity contribution in [2.45, 2.75) is 26.2 Å². The number of piperidine rings is 1. The van der Waals surface area contributed by atoms with Crippen molar-refractivity contribution < 1.29 is 14.3 Å². The summed E-state index contributed by atoms with van der Waals surface area (Å²) in [6.07, 6.45) is 2.57. The van der Waals surface area contributed by atoms with E-state index in [1.165, 1.54) is 0 Å². The first-order valence-corrected chi connectivity index (χ1v) is 7.33. The van der Waals surface area contributed by atoms with Gasteiger partial charge in [0.15, 0.2) is 0 Å². The lowest BCUT2D eigenvalue weighted by atomic mass is 9.77. The summed E-state index contributed by atoms with van der Waals surface area (Å²) >= 11 is 0. The molecule has 1 saturated heterocycles. The predicted octanol–water partition coefficient (Wildman–Crippen LogP) is 2.39. The summed E-state index contributed by atoms with van der Waals surface area (Å²) in [6, 6.07) is 9.56. The second kappa shape index (κ2) is 7.29. The molecule has 0 bridgehead atoms. The first kappa shape index (κ1) is 14.9. The SMILES string of the molecule is CCC1(C(=O)OCCOc2ccccc2)CCNCC1. The van der Waals surface area contributed by atoms with E-state index in [1.54, 1.807) is 0 Å². The second-order valence-corrected chi connectivity index (χ2v) is 5.18. The zero-order valence-electron chi connectivity index (χ0n) is 12.1. The van der Waals surface area contributed by atoms with Crippen LogP contribution in [0.25, 0.3) is 0 Å². The largest absolute Gasteiger partial charge is 0.490 e. The van der Waals surface area contributed by atoms with Gasteiger partial charge < -0.3 is 14.8 Å².